The first-order valence-corrected chi connectivity index (χ1v) is 34.8. The molecule has 36 nitrogen and oxygen atoms in total. The van der Waals surface area contributed by atoms with E-state index in [2.05, 4.69) is 26.6 Å². The van der Waals surface area contributed by atoms with E-state index in [1.807, 2.05) is 0 Å². The van der Waals surface area contributed by atoms with Gasteiger partial charge >= 0.3 is 29.8 Å². The highest BCUT2D eigenvalue weighted by Gasteiger charge is 2.48. The predicted molar refractivity (Wildman–Crippen MR) is 429 cm³/mol. The maximum absolute atomic E-state index is 13.1. The second kappa shape index (κ2) is 42.7. The topological polar surface area (TPSA) is 552 Å². The van der Waals surface area contributed by atoms with Gasteiger partial charge in [-0.3, -0.25) is 81.9 Å². The van der Waals surface area contributed by atoms with E-state index < -0.39 is 132 Å². The standard InChI is InChI=1S/C24H21N3O6.2C18H17N3O6.C18H16N2O7.5CH4/c28-20(26-15-6-2-1-3-7-15)12-11-19(24(31)32)27-22(29)17-9-4-10-18(21(17)23(27)30)25-14-16-8-5-13-33-16;19-16(24)13(6-7-14(22)23)21-17(25)11-4-1-5-12(15(11)18(21)26)20-9-10-3-2-8-27-10;19-14(22)7-6-13(18(25)26)21-16(23)11-4-1-5-12(15(11)17(21)24)20-9-10-3-2-8-27-10;21-14(22)7-6-13(18(25)26)20-16(23)11-4-1-5-12(15(11)17(20)24)19-9-10-3-2-8-27-10;;;;;/h1-10,13,19,25H,11-12,14H2,(H,26,28)(H,31,32);1-5,8,13,20H,6-7,9H2,(H2,19,24)(H,22,23);1-5,8,13,20H,6-7,9H2,(H2,19,22)(H,25,26);1-5,8,13,19H,6-7,9H2,(H,21,22)(H,25,26);5*1H4. The molecule has 628 valence electrons. The van der Waals surface area contributed by atoms with Crippen LogP contribution in [0.25, 0.3) is 0 Å². The Bertz CT molecular complexity index is 4830. The number of nitrogens with one attached hydrogen (secondary N) is 5. The van der Waals surface area contributed by atoms with Gasteiger partial charge in [0.25, 0.3) is 47.3 Å². The summed E-state index contributed by atoms with van der Waals surface area (Å²) >= 11 is 0. The van der Waals surface area contributed by atoms with Gasteiger partial charge in [-0.25, -0.2) is 14.4 Å². The monoisotopic (exact) mass is 1640 g/mol. The van der Waals surface area contributed by atoms with E-state index in [1.165, 1.54) is 49.3 Å². The molecule has 0 radical (unpaired) electrons. The summed E-state index contributed by atoms with van der Waals surface area (Å²) in [6, 6.07) is 35.5. The number of anilines is 5. The number of primary amides is 2. The van der Waals surface area contributed by atoms with E-state index in [0.29, 0.717) is 67.8 Å². The number of hydrogen-bond donors (Lipinski definition) is 12. The molecule has 4 unspecified atom stereocenters. The van der Waals surface area contributed by atoms with Crippen LogP contribution in [0, 0.1) is 0 Å². The normalized spacial score (nSPS) is 13.4. The highest BCUT2D eigenvalue weighted by Crippen LogP contribution is 2.37. The molecule has 0 spiro atoms. The molecule has 9 aromatic rings. The first kappa shape index (κ1) is 94.3. The zero-order valence-electron chi connectivity index (χ0n) is 59.9. The van der Waals surface area contributed by atoms with Crippen LogP contribution in [-0.4, -0.2) is 164 Å². The van der Waals surface area contributed by atoms with E-state index in [9.17, 15) is 92.0 Å². The van der Waals surface area contributed by atoms with Gasteiger partial charge in [-0.05, 0) is 135 Å². The quantitative estimate of drug-likeness (QED) is 0.0170. The minimum atomic E-state index is -1.55. The van der Waals surface area contributed by atoms with Crippen molar-refractivity contribution in [2.24, 2.45) is 11.5 Å². The molecule has 4 aromatic heterocycles. The summed E-state index contributed by atoms with van der Waals surface area (Å²) in [6.45, 7) is 1.14. The summed E-state index contributed by atoms with van der Waals surface area (Å²) < 4.78 is 20.9. The van der Waals surface area contributed by atoms with Gasteiger partial charge in [0.15, 0.2) is 0 Å². The first-order chi connectivity index (χ1) is 54.6. The molecule has 0 saturated carbocycles. The summed E-state index contributed by atoms with van der Waals surface area (Å²) in [7, 11) is 0. The lowest BCUT2D eigenvalue weighted by Crippen LogP contribution is -2.48. The lowest BCUT2D eigenvalue weighted by molar-refractivity contribution is -0.143. The van der Waals surface area contributed by atoms with Crippen molar-refractivity contribution in [3.05, 3.63) is 244 Å². The number of hydrogen-bond acceptors (Lipinski definition) is 24. The van der Waals surface area contributed by atoms with Gasteiger partial charge in [0.05, 0.1) is 95.7 Å². The first-order valence-electron chi connectivity index (χ1n) is 34.8. The van der Waals surface area contributed by atoms with Crippen molar-refractivity contribution < 1.29 is 120 Å². The zero-order chi connectivity index (χ0) is 82.0. The zero-order valence-corrected chi connectivity index (χ0v) is 59.9. The Labute approximate surface area is 681 Å². The number of imide groups is 4. The summed E-state index contributed by atoms with van der Waals surface area (Å²) in [4.78, 5) is 197. The van der Waals surface area contributed by atoms with Crippen LogP contribution in [0.5, 0.6) is 0 Å². The highest BCUT2D eigenvalue weighted by atomic mass is 16.4. The average molecular weight is 1640 g/mol. The molecule has 4 aliphatic heterocycles. The van der Waals surface area contributed by atoms with Crippen LogP contribution in [0.15, 0.2) is 194 Å². The van der Waals surface area contributed by atoms with Crippen molar-refractivity contribution >= 4 is 123 Å². The molecule has 13 rings (SSSR count). The van der Waals surface area contributed by atoms with Crippen molar-refractivity contribution in [1.82, 2.24) is 19.6 Å². The SMILES string of the molecule is C.C.C.C.C.NC(=O)C(CCC(=O)O)N1C(=O)c2cccc(NCc3ccco3)c2C1=O.NC(=O)CCC(C(=O)O)N1C(=O)c2cccc(NCc3ccco3)c2C1=O.O=C(CCC(C(=O)O)N1C(=O)c2cccc(NCc3ccco3)c2C1=O)Nc1ccccc1.O=C(O)CCC(C(=O)O)N1C(=O)c2cccc(NCc3ccco3)c2C1=O. The molecule has 0 fully saturated rings. The molecule has 4 atom stereocenters. The maximum Gasteiger partial charge on any atom is 0.326 e. The third kappa shape index (κ3) is 22.2. The van der Waals surface area contributed by atoms with Crippen molar-refractivity contribution in [3.8, 4) is 0 Å². The summed E-state index contributed by atoms with van der Waals surface area (Å²) in [5, 5.41) is 61.0. The number of carbonyl (C=O) groups is 16. The summed E-state index contributed by atoms with van der Waals surface area (Å²) in [5.74, 6) is -11.8. The number of carboxylic acids is 5. The molecule has 5 aromatic carbocycles. The summed E-state index contributed by atoms with van der Waals surface area (Å²) in [5.41, 5.74) is 13.3. The van der Waals surface area contributed by atoms with E-state index in [-0.39, 0.29) is 140 Å². The van der Waals surface area contributed by atoms with Gasteiger partial charge in [0.2, 0.25) is 17.7 Å². The van der Waals surface area contributed by atoms with Crippen LogP contribution in [-0.2, 0) is 64.5 Å². The predicted octanol–water partition coefficient (Wildman–Crippen LogP) is 10.8. The molecule has 0 bridgehead atoms. The Morgan fingerprint density at radius 3 is 0.840 bits per heavy atom. The van der Waals surface area contributed by atoms with E-state index >= 15 is 0 Å². The molecular weight excluding hydrogens is 1550 g/mol. The van der Waals surface area contributed by atoms with E-state index in [4.69, 9.17) is 39.3 Å². The van der Waals surface area contributed by atoms with Crippen LogP contribution in [0.4, 0.5) is 28.4 Å². The number of furan rings is 4. The number of carbonyl (C=O) groups excluding carboxylic acids is 11. The van der Waals surface area contributed by atoms with Gasteiger partial charge in [-0.15, -0.1) is 0 Å². The lowest BCUT2D eigenvalue weighted by Gasteiger charge is -2.22. The number of amides is 11. The van der Waals surface area contributed by atoms with Crippen molar-refractivity contribution in [3.63, 3.8) is 0 Å². The van der Waals surface area contributed by atoms with Crippen LogP contribution in [0.3, 0.4) is 0 Å². The molecule has 119 heavy (non-hydrogen) atoms. The number of rotatable bonds is 33. The van der Waals surface area contributed by atoms with Gasteiger partial charge in [0, 0.05) is 54.1 Å². The molecular formula is C83H91N11O25. The van der Waals surface area contributed by atoms with Crippen molar-refractivity contribution in [2.45, 2.75) is 139 Å². The fraction of sp³-hybridized carbons (Fsp3) is 0.253. The highest BCUT2D eigenvalue weighted by molar-refractivity contribution is 6.28. The number of benzene rings is 5. The molecule has 0 saturated heterocycles. The van der Waals surface area contributed by atoms with Crippen LogP contribution < -0.4 is 38.1 Å². The largest absolute Gasteiger partial charge is 0.481 e. The average Bonchev–Trinajstić information content (AvgIpc) is 1.63. The van der Waals surface area contributed by atoms with E-state index in [1.54, 1.807) is 127 Å². The number of fused-ring (bicyclic) bond motifs is 4. The fourth-order valence-electron chi connectivity index (χ4n) is 12.6. The number of carboxylic acid groups (broad SMARTS) is 5. The minimum Gasteiger partial charge on any atom is -0.481 e. The Hall–Kier alpha value is -15.3. The molecule has 0 aliphatic carbocycles. The maximum atomic E-state index is 13.1. The lowest BCUT2D eigenvalue weighted by atomic mass is 10.1. The Morgan fingerprint density at radius 2 is 0.588 bits per heavy atom. The Morgan fingerprint density at radius 1 is 0.319 bits per heavy atom. The fourth-order valence-corrected chi connectivity index (χ4v) is 12.6. The second-order valence-electron chi connectivity index (χ2n) is 25.4. The van der Waals surface area contributed by atoms with Crippen LogP contribution in [0.1, 0.15) is 194 Å². The minimum absolute atomic E-state index is 0. The summed E-state index contributed by atoms with van der Waals surface area (Å²) in [6.07, 6.45) is 3.67. The number of para-hydroxylation sites is 1. The van der Waals surface area contributed by atoms with Gasteiger partial charge in [-0.1, -0.05) is 79.6 Å². The number of aliphatic carboxylic acids is 5. The smallest absolute Gasteiger partial charge is 0.326 e. The third-order valence-corrected chi connectivity index (χ3v) is 18.0. The van der Waals surface area contributed by atoms with Crippen LogP contribution >= 0.6 is 0 Å². The second-order valence-corrected chi connectivity index (χ2v) is 25.4. The van der Waals surface area contributed by atoms with Crippen molar-refractivity contribution in [2.75, 3.05) is 26.6 Å². The number of nitrogens with zero attached hydrogens (tertiary/aromatic N) is 4. The van der Waals surface area contributed by atoms with Gasteiger partial charge in [0.1, 0.15) is 47.2 Å². The third-order valence-electron chi connectivity index (χ3n) is 18.0. The van der Waals surface area contributed by atoms with Crippen molar-refractivity contribution in [1.29, 1.82) is 0 Å². The van der Waals surface area contributed by atoms with Gasteiger partial charge < -0.3 is 81.3 Å². The molecule has 4 aliphatic rings. The molecule has 14 N–H and O–H groups in total. The van der Waals surface area contributed by atoms with E-state index in [0.717, 1.165) is 9.80 Å². The van der Waals surface area contributed by atoms with Crippen LogP contribution in [0.2, 0.25) is 0 Å². The molecule has 11 amide bonds. The Balaban J connectivity index is 0.000000280. The molecule has 8 heterocycles. The Kier molecular flexibility index (Phi) is 33.9. The molecule has 36 heteroatoms. The number of nitrogens with two attached hydrogens (primary N) is 2. The van der Waals surface area contributed by atoms with Gasteiger partial charge in [-0.2, -0.15) is 0 Å².